The van der Waals surface area contributed by atoms with E-state index in [2.05, 4.69) is 17.1 Å². The second-order valence-corrected chi connectivity index (χ2v) is 14.1. The zero-order valence-corrected chi connectivity index (χ0v) is 29.3. The van der Waals surface area contributed by atoms with Gasteiger partial charge in [-0.05, 0) is 88.9 Å². The molecule has 1 fully saturated rings. The van der Waals surface area contributed by atoms with E-state index in [-0.39, 0.29) is 42.5 Å². The summed E-state index contributed by atoms with van der Waals surface area (Å²) in [4.78, 5) is 31.4. The smallest absolute Gasteiger partial charge is 0.258 e. The monoisotopic (exact) mass is 675 g/mol. The van der Waals surface area contributed by atoms with Crippen LogP contribution in [0.4, 0.5) is 5.69 Å². The third-order valence-corrected chi connectivity index (χ3v) is 9.96. The van der Waals surface area contributed by atoms with Gasteiger partial charge in [0.2, 0.25) is 5.91 Å². The topological polar surface area (TPSA) is 91.3 Å². The Morgan fingerprint density at radius 1 is 1.04 bits per heavy atom. The van der Waals surface area contributed by atoms with Crippen molar-refractivity contribution in [2.45, 2.75) is 96.9 Å². The van der Waals surface area contributed by atoms with Gasteiger partial charge in [-0.3, -0.25) is 14.5 Å². The summed E-state index contributed by atoms with van der Waals surface area (Å²) in [6, 6.07) is 10.6. The highest BCUT2D eigenvalue weighted by Gasteiger charge is 2.31. The molecule has 10 heteroatoms. The summed E-state index contributed by atoms with van der Waals surface area (Å²) in [6.07, 6.45) is 7.43. The summed E-state index contributed by atoms with van der Waals surface area (Å²) in [7, 11) is 2.04. The molecule has 2 aliphatic rings. The fourth-order valence-electron chi connectivity index (χ4n) is 6.39. The molecular formula is C36H51Cl2N3O5. The van der Waals surface area contributed by atoms with Crippen LogP contribution in [0.15, 0.2) is 36.4 Å². The van der Waals surface area contributed by atoms with Crippen LogP contribution in [-0.2, 0) is 16.1 Å². The number of ether oxygens (including phenoxy) is 2. The van der Waals surface area contributed by atoms with Gasteiger partial charge >= 0.3 is 0 Å². The number of nitrogens with one attached hydrogen (secondary N) is 1. The molecule has 8 nitrogen and oxygen atoms in total. The molecule has 2 aromatic rings. The van der Waals surface area contributed by atoms with E-state index in [0.717, 1.165) is 50.5 Å². The van der Waals surface area contributed by atoms with Gasteiger partial charge in [-0.15, -0.1) is 0 Å². The predicted octanol–water partition coefficient (Wildman–Crippen LogP) is 7.44. The number of aliphatic hydroxyl groups excluding tert-OH is 1. The summed E-state index contributed by atoms with van der Waals surface area (Å²) < 4.78 is 12.8. The molecular weight excluding hydrogens is 625 g/mol. The van der Waals surface area contributed by atoms with E-state index in [0.29, 0.717) is 53.3 Å². The van der Waals surface area contributed by atoms with Gasteiger partial charge in [0.05, 0.1) is 40.5 Å². The Morgan fingerprint density at radius 2 is 1.78 bits per heavy atom. The van der Waals surface area contributed by atoms with Crippen LogP contribution in [0, 0.1) is 11.8 Å². The number of amides is 2. The first kappa shape index (κ1) is 36.5. The minimum absolute atomic E-state index is 0.00136. The van der Waals surface area contributed by atoms with Crippen molar-refractivity contribution in [2.75, 3.05) is 38.7 Å². The third-order valence-electron chi connectivity index (χ3n) is 9.22. The number of aliphatic hydroxyl groups is 1. The maximum Gasteiger partial charge on any atom is 0.258 e. The quantitative estimate of drug-likeness (QED) is 0.302. The molecule has 1 saturated carbocycles. The van der Waals surface area contributed by atoms with Crippen molar-refractivity contribution >= 4 is 40.7 Å². The Morgan fingerprint density at radius 3 is 2.50 bits per heavy atom. The molecule has 2 amide bonds. The van der Waals surface area contributed by atoms with Gasteiger partial charge in [-0.25, -0.2) is 0 Å². The van der Waals surface area contributed by atoms with Crippen molar-refractivity contribution < 1.29 is 24.2 Å². The number of benzene rings is 2. The fraction of sp³-hybridized carbons (Fsp3) is 0.611. The van der Waals surface area contributed by atoms with Crippen molar-refractivity contribution in [2.24, 2.45) is 11.8 Å². The van der Waals surface area contributed by atoms with Crippen LogP contribution < -0.4 is 10.1 Å². The number of fused-ring (bicyclic) bond motifs is 1. The highest BCUT2D eigenvalue weighted by Crippen LogP contribution is 2.30. The first-order valence-corrected chi connectivity index (χ1v) is 17.6. The fourth-order valence-corrected chi connectivity index (χ4v) is 6.71. The first-order valence-electron chi connectivity index (χ1n) is 16.8. The summed E-state index contributed by atoms with van der Waals surface area (Å²) in [5.41, 5.74) is 2.01. The minimum atomic E-state index is -0.441. The van der Waals surface area contributed by atoms with Gasteiger partial charge in [0.1, 0.15) is 5.75 Å². The molecule has 46 heavy (non-hydrogen) atoms. The van der Waals surface area contributed by atoms with Crippen molar-refractivity contribution in [3.63, 3.8) is 0 Å². The Labute approximate surface area is 284 Å². The maximum absolute atomic E-state index is 14.4. The average molecular weight is 677 g/mol. The second kappa shape index (κ2) is 17.7. The molecule has 4 rings (SSSR count). The minimum Gasteiger partial charge on any atom is -0.490 e. The number of hydrogen-bond donors (Lipinski definition) is 2. The van der Waals surface area contributed by atoms with Crippen LogP contribution in [0.2, 0.25) is 10.0 Å². The zero-order valence-electron chi connectivity index (χ0n) is 27.8. The largest absolute Gasteiger partial charge is 0.490 e. The lowest BCUT2D eigenvalue weighted by molar-refractivity contribution is -0.120. The Bertz CT molecular complexity index is 1300. The molecule has 0 radical (unpaired) electrons. The predicted molar refractivity (Wildman–Crippen MR) is 185 cm³/mol. The van der Waals surface area contributed by atoms with Crippen LogP contribution in [-0.4, -0.2) is 78.3 Å². The van der Waals surface area contributed by atoms with Crippen LogP contribution in [0.25, 0.3) is 0 Å². The second-order valence-electron chi connectivity index (χ2n) is 13.3. The van der Waals surface area contributed by atoms with Crippen LogP contribution in [0.3, 0.4) is 0 Å². The Balaban J connectivity index is 1.58. The first-order chi connectivity index (χ1) is 22.0. The number of nitrogens with zero attached hydrogens (tertiary/aromatic N) is 2. The maximum atomic E-state index is 14.4. The van der Waals surface area contributed by atoms with Crippen molar-refractivity contribution in [3.05, 3.63) is 57.6 Å². The van der Waals surface area contributed by atoms with Gasteiger partial charge in [0.15, 0.2) is 0 Å². The molecule has 1 heterocycles. The van der Waals surface area contributed by atoms with Crippen LogP contribution in [0.1, 0.15) is 88.1 Å². The molecule has 1 aliphatic heterocycles. The van der Waals surface area contributed by atoms with Gasteiger partial charge in [0, 0.05) is 43.8 Å². The number of rotatable bonds is 8. The van der Waals surface area contributed by atoms with E-state index in [1.165, 1.54) is 6.42 Å². The Kier molecular flexibility index (Phi) is 14.0. The van der Waals surface area contributed by atoms with Gasteiger partial charge in [0.25, 0.3) is 5.91 Å². The van der Waals surface area contributed by atoms with E-state index in [4.69, 9.17) is 32.7 Å². The number of carbonyl (C=O) groups is 2. The molecule has 0 bridgehead atoms. The molecule has 2 N–H and O–H groups in total. The van der Waals surface area contributed by atoms with Gasteiger partial charge < -0.3 is 24.8 Å². The van der Waals surface area contributed by atoms with Gasteiger partial charge in [-0.1, -0.05) is 55.5 Å². The van der Waals surface area contributed by atoms with E-state index in [1.807, 2.05) is 45.2 Å². The third kappa shape index (κ3) is 10.3. The summed E-state index contributed by atoms with van der Waals surface area (Å²) in [5, 5.41) is 14.4. The van der Waals surface area contributed by atoms with Crippen molar-refractivity contribution in [1.82, 2.24) is 9.80 Å². The molecule has 4 atom stereocenters. The highest BCUT2D eigenvalue weighted by molar-refractivity contribution is 6.42. The van der Waals surface area contributed by atoms with E-state index >= 15 is 0 Å². The molecule has 0 saturated heterocycles. The number of likely N-dealkylation sites (N-methyl/N-ethyl adjacent to an activating group) is 1. The molecule has 0 spiro atoms. The number of halogens is 2. The van der Waals surface area contributed by atoms with E-state index in [1.54, 1.807) is 17.0 Å². The standard InChI is InChI=1S/C36H51Cl2N3O5/c1-24-20-41(25(2)23-42)36(44)30-19-29(39-35(43)28-11-6-5-7-12-28)14-16-33(30)46-26(3)10-8-9-17-45-34(24)22-40(4)21-27-13-15-31(37)32(38)18-27/h13-16,18-19,24-26,28,34,42H,5-12,17,20-23H2,1-4H3,(H,39,43)/t24-,25-,26+,34-/m0/s1. The van der Waals surface area contributed by atoms with Crippen LogP contribution in [0.5, 0.6) is 5.75 Å². The average Bonchev–Trinajstić information content (AvgIpc) is 3.04. The van der Waals surface area contributed by atoms with Gasteiger partial charge in [-0.2, -0.15) is 0 Å². The molecule has 0 aromatic heterocycles. The SMILES string of the molecule is C[C@@H]1CCCCO[C@@H](CN(C)Cc2ccc(Cl)c(Cl)c2)[C@@H](C)CN([C@@H](C)CO)C(=O)c2cc(NC(=O)C3CCCCC3)ccc2O1. The number of anilines is 1. The lowest BCUT2D eigenvalue weighted by Gasteiger charge is -2.36. The van der Waals surface area contributed by atoms with Crippen LogP contribution >= 0.6 is 23.2 Å². The highest BCUT2D eigenvalue weighted by atomic mass is 35.5. The number of hydrogen-bond acceptors (Lipinski definition) is 6. The summed E-state index contributed by atoms with van der Waals surface area (Å²) in [5.74, 6) is 0.190. The Hall–Kier alpha value is -2.36. The molecule has 0 unspecified atom stereocenters. The molecule has 254 valence electrons. The summed E-state index contributed by atoms with van der Waals surface area (Å²) >= 11 is 12.4. The lowest BCUT2D eigenvalue weighted by Crippen LogP contribution is -2.47. The summed E-state index contributed by atoms with van der Waals surface area (Å²) in [6.45, 7) is 8.04. The van der Waals surface area contributed by atoms with Crippen molar-refractivity contribution in [1.29, 1.82) is 0 Å². The van der Waals surface area contributed by atoms with E-state index in [9.17, 15) is 14.7 Å². The number of carbonyl (C=O) groups excluding carboxylic acids is 2. The zero-order chi connectivity index (χ0) is 33.2. The molecule has 1 aliphatic carbocycles. The van der Waals surface area contributed by atoms with E-state index < -0.39 is 6.04 Å². The molecule has 2 aromatic carbocycles. The van der Waals surface area contributed by atoms with Crippen molar-refractivity contribution in [3.8, 4) is 5.75 Å². The normalized spacial score (nSPS) is 22.9. The lowest BCUT2D eigenvalue weighted by atomic mass is 9.88.